The highest BCUT2D eigenvalue weighted by atomic mass is 16.5. The van der Waals surface area contributed by atoms with Gasteiger partial charge in [-0.15, -0.1) is 0 Å². The summed E-state index contributed by atoms with van der Waals surface area (Å²) in [4.78, 5) is 0. The van der Waals surface area contributed by atoms with E-state index >= 15 is 0 Å². The topological polar surface area (TPSA) is 62.0 Å². The first-order valence-corrected chi connectivity index (χ1v) is 6.44. The van der Waals surface area contributed by atoms with Crippen molar-refractivity contribution in [1.82, 2.24) is 10.2 Å². The summed E-state index contributed by atoms with van der Waals surface area (Å²) in [5.41, 5.74) is 2.07. The molecular weight excluding hydrogens is 266 g/mol. The van der Waals surface area contributed by atoms with Crippen molar-refractivity contribution in [3.63, 3.8) is 0 Å². The van der Waals surface area contributed by atoms with Gasteiger partial charge in [0.25, 0.3) is 0 Å². The van der Waals surface area contributed by atoms with Crippen LogP contribution in [0.4, 0.5) is 0 Å². The van der Waals surface area contributed by atoms with E-state index in [1.165, 1.54) is 6.20 Å². The molecule has 0 aliphatic heterocycles. The molecule has 0 saturated carbocycles. The molecule has 0 fully saturated rings. The smallest absolute Gasteiger partial charge is 0.360 e. The Morgan fingerprint density at radius 3 is 2.24 bits per heavy atom. The lowest BCUT2D eigenvalue weighted by Crippen LogP contribution is -2.31. The van der Waals surface area contributed by atoms with Crippen LogP contribution in [0.2, 0.25) is 0 Å². The lowest BCUT2D eigenvalue weighted by Gasteiger charge is -2.06. The molecule has 5 heteroatoms. The predicted octanol–water partition coefficient (Wildman–Crippen LogP) is 2.45. The second-order valence-corrected chi connectivity index (χ2v) is 4.46. The van der Waals surface area contributed by atoms with E-state index in [-0.39, 0.29) is 5.82 Å². The van der Waals surface area contributed by atoms with Crippen molar-refractivity contribution in [2.45, 2.75) is 0 Å². The molecule has 0 spiro atoms. The lowest BCUT2D eigenvalue weighted by molar-refractivity contribution is -0.596. The summed E-state index contributed by atoms with van der Waals surface area (Å²) in [7, 11) is 1.61. The Balaban J connectivity index is 1.97. The van der Waals surface area contributed by atoms with Crippen molar-refractivity contribution >= 4 is 0 Å². The van der Waals surface area contributed by atoms with Gasteiger partial charge in [-0.1, -0.05) is 18.2 Å². The summed E-state index contributed by atoms with van der Waals surface area (Å²) in [6.45, 7) is 0. The van der Waals surface area contributed by atoms with E-state index in [9.17, 15) is 5.21 Å². The summed E-state index contributed by atoms with van der Waals surface area (Å²) in [6, 6.07) is 16.6. The molecule has 5 nitrogen and oxygen atoms in total. The minimum atomic E-state index is 0.285. The van der Waals surface area contributed by atoms with Crippen LogP contribution in [0.3, 0.4) is 0 Å². The summed E-state index contributed by atoms with van der Waals surface area (Å²) < 4.78 is 5.84. The monoisotopic (exact) mass is 279 g/mol. The van der Waals surface area contributed by atoms with Crippen molar-refractivity contribution < 1.29 is 9.47 Å². The van der Waals surface area contributed by atoms with E-state index in [1.54, 1.807) is 7.11 Å². The molecule has 2 aromatic carbocycles. The van der Waals surface area contributed by atoms with Gasteiger partial charge in [-0.25, -0.2) is 4.73 Å². The number of nitrogens with zero attached hydrogens (tertiary/aromatic N) is 3. The van der Waals surface area contributed by atoms with Gasteiger partial charge < -0.3 is 9.94 Å². The zero-order valence-corrected chi connectivity index (χ0v) is 11.4. The molecule has 0 aliphatic carbocycles. The van der Waals surface area contributed by atoms with Crippen molar-refractivity contribution in [1.29, 1.82) is 0 Å². The minimum Gasteiger partial charge on any atom is -0.710 e. The maximum atomic E-state index is 12.1. The molecule has 1 aromatic heterocycles. The minimum absolute atomic E-state index is 0.285. The third-order valence-corrected chi connectivity index (χ3v) is 3.12. The molecular formula is C16H13N3O2. The molecule has 0 amide bonds. The number of ether oxygens (including phenoxy) is 1. The van der Waals surface area contributed by atoms with E-state index in [0.29, 0.717) is 5.69 Å². The Morgan fingerprint density at radius 2 is 1.62 bits per heavy atom. The average Bonchev–Trinajstić information content (AvgIpc) is 2.55. The van der Waals surface area contributed by atoms with Gasteiger partial charge in [0.2, 0.25) is 0 Å². The Bertz CT molecular complexity index is 743. The fraction of sp³-hybridized carbons (Fsp3) is 0.0625. The number of aromatic nitrogens is 3. The van der Waals surface area contributed by atoms with Gasteiger partial charge in [-0.2, -0.15) is 0 Å². The van der Waals surface area contributed by atoms with Crippen LogP contribution in [-0.4, -0.2) is 17.3 Å². The molecule has 1 heterocycles. The van der Waals surface area contributed by atoms with Crippen molar-refractivity contribution in [3.8, 4) is 28.4 Å². The molecule has 0 unspecified atom stereocenters. The normalized spacial score (nSPS) is 10.3. The first kappa shape index (κ1) is 13.1. The van der Waals surface area contributed by atoms with E-state index in [4.69, 9.17) is 4.74 Å². The fourth-order valence-electron chi connectivity index (χ4n) is 2.01. The third kappa shape index (κ3) is 2.67. The molecule has 21 heavy (non-hydrogen) atoms. The molecule has 0 radical (unpaired) electrons. The number of methoxy groups -OCH3 is 1. The quantitative estimate of drug-likeness (QED) is 0.546. The van der Waals surface area contributed by atoms with Crippen LogP contribution in [0.25, 0.3) is 22.6 Å². The zero-order chi connectivity index (χ0) is 14.7. The molecule has 3 rings (SSSR count). The van der Waals surface area contributed by atoms with E-state index in [0.717, 1.165) is 21.6 Å². The van der Waals surface area contributed by atoms with Gasteiger partial charge in [0.15, 0.2) is 5.69 Å². The van der Waals surface area contributed by atoms with Gasteiger partial charge >= 0.3 is 5.82 Å². The third-order valence-electron chi connectivity index (χ3n) is 3.12. The lowest BCUT2D eigenvalue weighted by atomic mass is 10.1. The highest BCUT2D eigenvalue weighted by molar-refractivity contribution is 5.59. The first-order chi connectivity index (χ1) is 10.3. The Morgan fingerprint density at radius 1 is 0.905 bits per heavy atom. The fourth-order valence-corrected chi connectivity index (χ4v) is 2.01. The number of benzene rings is 2. The molecule has 104 valence electrons. The Hall–Kier alpha value is -2.95. The van der Waals surface area contributed by atoms with Gasteiger partial charge in [-0.05, 0) is 41.5 Å². The summed E-state index contributed by atoms with van der Waals surface area (Å²) in [6.07, 6.45) is 1.43. The van der Waals surface area contributed by atoms with Crippen LogP contribution in [-0.2, 0) is 0 Å². The van der Waals surface area contributed by atoms with E-state index < -0.39 is 0 Å². The predicted molar refractivity (Wildman–Crippen MR) is 78.4 cm³/mol. The van der Waals surface area contributed by atoms with Crippen LogP contribution in [0.1, 0.15) is 0 Å². The highest BCUT2D eigenvalue weighted by Gasteiger charge is 2.14. The van der Waals surface area contributed by atoms with Gasteiger partial charge in [0.05, 0.1) is 17.8 Å². The Kier molecular flexibility index (Phi) is 3.47. The number of rotatable bonds is 3. The maximum absolute atomic E-state index is 12.1. The second-order valence-electron chi connectivity index (χ2n) is 4.46. The molecule has 0 N–H and O–H groups in total. The van der Waals surface area contributed by atoms with Crippen molar-refractivity contribution in [2.75, 3.05) is 7.11 Å². The van der Waals surface area contributed by atoms with Gasteiger partial charge in [0, 0.05) is 5.56 Å². The molecule has 0 aliphatic rings. The van der Waals surface area contributed by atoms with E-state index in [2.05, 4.69) is 10.2 Å². The van der Waals surface area contributed by atoms with Crippen LogP contribution in [0.15, 0.2) is 60.8 Å². The first-order valence-electron chi connectivity index (χ1n) is 6.44. The Labute approximate surface area is 122 Å². The van der Waals surface area contributed by atoms with E-state index in [1.807, 2.05) is 54.6 Å². The molecule has 0 bridgehead atoms. The average molecular weight is 279 g/mol. The molecule has 0 atom stereocenters. The van der Waals surface area contributed by atoms with Crippen LogP contribution in [0, 0.1) is 5.21 Å². The van der Waals surface area contributed by atoms with Crippen molar-refractivity contribution in [3.05, 3.63) is 66.0 Å². The largest absolute Gasteiger partial charge is 0.710 e. The van der Waals surface area contributed by atoms with Crippen LogP contribution >= 0.6 is 0 Å². The molecule has 0 saturated heterocycles. The second kappa shape index (κ2) is 5.58. The van der Waals surface area contributed by atoms with Crippen molar-refractivity contribution in [2.24, 2.45) is 0 Å². The van der Waals surface area contributed by atoms with Gasteiger partial charge in [0.1, 0.15) is 11.9 Å². The van der Waals surface area contributed by atoms with Gasteiger partial charge in [-0.3, -0.25) is 0 Å². The van der Waals surface area contributed by atoms with Crippen LogP contribution < -0.4 is 9.47 Å². The molecule has 3 aromatic rings. The summed E-state index contributed by atoms with van der Waals surface area (Å²) in [5.74, 6) is 1.04. The standard InChI is InChI=1S/C16H13N3O2/c1-21-14-9-7-12(8-10-14)15-11-19(20)16(18-17-15)13-5-3-2-4-6-13/h2-11H,1H3. The highest BCUT2D eigenvalue weighted by Crippen LogP contribution is 2.20. The number of hydrogen-bond donors (Lipinski definition) is 0. The summed E-state index contributed by atoms with van der Waals surface area (Å²) >= 11 is 0. The number of hydrogen-bond acceptors (Lipinski definition) is 4. The SMILES string of the molecule is COc1ccc(-c2c[n+]([O-])c(-c3ccccc3)nn2)cc1. The van der Waals surface area contributed by atoms with Crippen LogP contribution in [0.5, 0.6) is 5.75 Å². The summed E-state index contributed by atoms with van der Waals surface area (Å²) in [5, 5.41) is 20.3. The zero-order valence-electron chi connectivity index (χ0n) is 11.4. The maximum Gasteiger partial charge on any atom is 0.360 e.